The second kappa shape index (κ2) is 12.9. The Morgan fingerprint density at radius 1 is 0.429 bits per heavy atom. The first-order valence-corrected chi connectivity index (χ1v) is 10.7. The van der Waals surface area contributed by atoms with E-state index < -0.39 is 47.9 Å². The van der Waals surface area contributed by atoms with Gasteiger partial charge in [-0.05, 0) is 0 Å². The Labute approximate surface area is 164 Å². The van der Waals surface area contributed by atoms with Crippen molar-refractivity contribution in [1.29, 1.82) is 0 Å². The van der Waals surface area contributed by atoms with Crippen LogP contribution in [0, 0.1) is 0 Å². The molecule has 0 aliphatic rings. The Balaban J connectivity index is 0. The van der Waals surface area contributed by atoms with Gasteiger partial charge in [0.25, 0.3) is 29.8 Å². The van der Waals surface area contributed by atoms with Crippen LogP contribution in [0.4, 0.5) is 0 Å². The van der Waals surface area contributed by atoms with E-state index in [1.165, 1.54) is 28.1 Å². The molecule has 0 atom stereocenters. The van der Waals surface area contributed by atoms with Gasteiger partial charge in [-0.1, -0.05) is 0 Å². The van der Waals surface area contributed by atoms with Gasteiger partial charge in [0.05, 0.1) is 0 Å². The van der Waals surface area contributed by atoms with Crippen LogP contribution in [0.1, 0.15) is 34.6 Å². The number of hydrogen-bond donors (Lipinski definition) is 0. The topological polar surface area (TPSA) is 159 Å². The Kier molecular flexibility index (Phi) is 12.9. The van der Waals surface area contributed by atoms with Gasteiger partial charge in [-0.25, -0.2) is 0 Å². The fraction of sp³-hybridized carbons (Fsp3) is 0.615. The minimum Gasteiger partial charge on any atom is -0.442 e. The highest BCUT2D eigenvalue weighted by atomic mass is 28.4. The first kappa shape index (κ1) is 27.9. The average molecular weight is 444 g/mol. The van der Waals surface area contributed by atoms with Gasteiger partial charge < -0.3 is 35.4 Å². The molecule has 0 rings (SSSR count). The third-order valence-corrected chi connectivity index (χ3v) is 6.28. The first-order valence-electron chi connectivity index (χ1n) is 7.40. The van der Waals surface area contributed by atoms with Crippen molar-refractivity contribution in [2.75, 3.05) is 21.3 Å². The van der Waals surface area contributed by atoms with Crippen LogP contribution < -0.4 is 0 Å². The van der Waals surface area contributed by atoms with Gasteiger partial charge in [-0.2, -0.15) is 0 Å². The molecule has 0 spiro atoms. The molecule has 0 radical (unpaired) electrons. The summed E-state index contributed by atoms with van der Waals surface area (Å²) in [7, 11) is -3.99. The predicted molar refractivity (Wildman–Crippen MR) is 91.4 cm³/mol. The van der Waals surface area contributed by atoms with Crippen molar-refractivity contribution in [3.8, 4) is 0 Å². The van der Waals surface area contributed by atoms with Gasteiger partial charge in [-0.15, -0.1) is 0 Å². The lowest BCUT2D eigenvalue weighted by Crippen LogP contribution is -2.51. The molecule has 15 heteroatoms. The molecule has 0 fully saturated rings. The summed E-state index contributed by atoms with van der Waals surface area (Å²) in [6, 6.07) is 0. The molecule has 0 saturated heterocycles. The van der Waals surface area contributed by atoms with Crippen LogP contribution in [0.15, 0.2) is 0 Å². The molecule has 0 amide bonds. The minimum atomic E-state index is -4.01. The number of hydrogen-bond acceptors (Lipinski definition) is 13. The molecule has 0 aromatic heterocycles. The molecular formula is C13H24O13Si2. The highest BCUT2D eigenvalue weighted by molar-refractivity contribution is 6.59. The lowest BCUT2D eigenvalue weighted by molar-refractivity contribution is -0.156. The number of carbonyl (C=O) groups is 5. The second-order valence-electron chi connectivity index (χ2n) is 4.58. The van der Waals surface area contributed by atoms with Crippen LogP contribution in [0.25, 0.3) is 0 Å². The van der Waals surface area contributed by atoms with Crippen molar-refractivity contribution in [3.63, 3.8) is 0 Å². The molecule has 0 unspecified atom stereocenters. The maximum absolute atomic E-state index is 10.7. The lowest BCUT2D eigenvalue weighted by Gasteiger charge is -2.22. The van der Waals surface area contributed by atoms with Crippen LogP contribution in [0.5, 0.6) is 0 Å². The van der Waals surface area contributed by atoms with Gasteiger partial charge in [0, 0.05) is 55.9 Å². The monoisotopic (exact) mass is 444 g/mol. The van der Waals surface area contributed by atoms with Crippen LogP contribution in [-0.4, -0.2) is 69.3 Å². The van der Waals surface area contributed by atoms with E-state index in [2.05, 4.69) is 26.6 Å². The Morgan fingerprint density at radius 2 is 0.607 bits per heavy atom. The minimum absolute atomic E-state index is 0.628. The van der Waals surface area contributed by atoms with Crippen molar-refractivity contribution in [3.05, 3.63) is 0 Å². The molecule has 0 aliphatic heterocycles. The van der Waals surface area contributed by atoms with Gasteiger partial charge >= 0.3 is 18.1 Å². The van der Waals surface area contributed by atoms with Crippen LogP contribution in [0.2, 0.25) is 0 Å². The zero-order valence-electron chi connectivity index (χ0n) is 16.8. The standard InChI is InChI=1S/C7H12O7Si.C6H12O6Si/c1-5(8)12-15(11-4,13-6(2)9)14-7(3)10;1-5(7)11-13(9-3,10-4)12-6(2)8/h1-4H3;1-4H3. The smallest absolute Gasteiger partial charge is 0.442 e. The predicted octanol–water partition coefficient (Wildman–Crippen LogP) is -0.401. The van der Waals surface area contributed by atoms with Gasteiger partial charge in [0.1, 0.15) is 0 Å². The fourth-order valence-electron chi connectivity index (χ4n) is 1.34. The molecule has 0 heterocycles. The molecule has 13 nitrogen and oxygen atoms in total. The van der Waals surface area contributed by atoms with Crippen LogP contribution >= 0.6 is 0 Å². The van der Waals surface area contributed by atoms with E-state index in [1.54, 1.807) is 0 Å². The SMILES string of the molecule is CO[Si](OC(C)=O)(OC(C)=O)OC(C)=O.CO[Si](OC)(OC(C)=O)OC(C)=O. The molecule has 0 bridgehead atoms. The first-order chi connectivity index (χ1) is 12.8. The molecule has 28 heavy (non-hydrogen) atoms. The molecule has 0 N–H and O–H groups in total. The quantitative estimate of drug-likeness (QED) is 0.445. The molecule has 0 aromatic rings. The zero-order chi connectivity index (χ0) is 22.5. The van der Waals surface area contributed by atoms with E-state index in [9.17, 15) is 24.0 Å². The molecule has 0 aromatic carbocycles. The van der Waals surface area contributed by atoms with Gasteiger partial charge in [0.2, 0.25) is 0 Å². The van der Waals surface area contributed by atoms with E-state index in [-0.39, 0.29) is 0 Å². The highest BCUT2D eigenvalue weighted by Gasteiger charge is 2.56. The number of carbonyl (C=O) groups excluding carboxylic acids is 5. The maximum Gasteiger partial charge on any atom is 0.898 e. The van der Waals surface area contributed by atoms with E-state index in [0.717, 1.165) is 27.9 Å². The van der Waals surface area contributed by atoms with Crippen molar-refractivity contribution in [2.24, 2.45) is 0 Å². The summed E-state index contributed by atoms with van der Waals surface area (Å²) in [6.07, 6.45) is 0. The Bertz CT molecular complexity index is 514. The van der Waals surface area contributed by atoms with E-state index in [1.807, 2.05) is 0 Å². The summed E-state index contributed by atoms with van der Waals surface area (Å²) in [4.78, 5) is 53.4. The summed E-state index contributed by atoms with van der Waals surface area (Å²) >= 11 is 0. The molecule has 162 valence electrons. The Hall–Kier alpha value is -2.34. The van der Waals surface area contributed by atoms with Crippen LogP contribution in [-0.2, 0) is 59.4 Å². The average Bonchev–Trinajstić information content (AvgIpc) is 2.51. The maximum atomic E-state index is 10.7. The largest absolute Gasteiger partial charge is 0.898 e. The van der Waals surface area contributed by atoms with Gasteiger partial charge in [0.15, 0.2) is 0 Å². The van der Waals surface area contributed by atoms with Gasteiger partial charge in [-0.3, -0.25) is 24.0 Å². The summed E-state index contributed by atoms with van der Waals surface area (Å²) < 4.78 is 37.3. The summed E-state index contributed by atoms with van der Waals surface area (Å²) in [5.74, 6) is -3.57. The van der Waals surface area contributed by atoms with Crippen LogP contribution in [0.3, 0.4) is 0 Å². The zero-order valence-corrected chi connectivity index (χ0v) is 18.8. The lowest BCUT2D eigenvalue weighted by atomic mass is 10.9. The third kappa shape index (κ3) is 12.1. The summed E-state index contributed by atoms with van der Waals surface area (Å²) in [5, 5.41) is 0. The van der Waals surface area contributed by atoms with Crippen molar-refractivity contribution < 1.29 is 59.4 Å². The van der Waals surface area contributed by atoms with Crippen molar-refractivity contribution >= 4 is 47.9 Å². The summed E-state index contributed by atoms with van der Waals surface area (Å²) in [6.45, 7) is 5.57. The normalized spacial score (nSPS) is 10.6. The van der Waals surface area contributed by atoms with E-state index in [0.29, 0.717) is 0 Å². The van der Waals surface area contributed by atoms with Crippen molar-refractivity contribution in [1.82, 2.24) is 0 Å². The highest BCUT2D eigenvalue weighted by Crippen LogP contribution is 2.12. The molecule has 0 aliphatic carbocycles. The third-order valence-electron chi connectivity index (χ3n) is 2.09. The van der Waals surface area contributed by atoms with E-state index >= 15 is 0 Å². The Morgan fingerprint density at radius 3 is 0.750 bits per heavy atom. The number of rotatable bonds is 8. The second-order valence-corrected chi connectivity index (χ2v) is 8.83. The molecule has 0 saturated carbocycles. The molecular weight excluding hydrogens is 420 g/mol. The van der Waals surface area contributed by atoms with E-state index in [4.69, 9.17) is 8.85 Å². The van der Waals surface area contributed by atoms with Crippen molar-refractivity contribution in [2.45, 2.75) is 34.6 Å². The fourth-order valence-corrected chi connectivity index (χ4v) is 4.02. The summed E-state index contributed by atoms with van der Waals surface area (Å²) in [5.41, 5.74) is 0.